The van der Waals surface area contributed by atoms with Gasteiger partial charge in [-0.25, -0.2) is 0 Å². The Hall–Kier alpha value is -1.35. The fourth-order valence-corrected chi connectivity index (χ4v) is 3.91. The maximum absolute atomic E-state index is 12.8. The van der Waals surface area contributed by atoms with Crippen molar-refractivity contribution >= 4 is 5.91 Å². The molecule has 1 aromatic carbocycles. The van der Waals surface area contributed by atoms with Crippen molar-refractivity contribution in [3.63, 3.8) is 0 Å². The van der Waals surface area contributed by atoms with Gasteiger partial charge >= 0.3 is 0 Å². The Kier molecular flexibility index (Phi) is 3.55. The normalized spacial score (nSPS) is 25.6. The Morgan fingerprint density at radius 1 is 1.20 bits per heavy atom. The molecular formula is C17H24N2O. The summed E-state index contributed by atoms with van der Waals surface area (Å²) < 4.78 is 0. The van der Waals surface area contributed by atoms with Gasteiger partial charge in [-0.1, -0.05) is 17.7 Å². The first-order chi connectivity index (χ1) is 9.56. The van der Waals surface area contributed by atoms with E-state index in [-0.39, 0.29) is 5.91 Å². The lowest BCUT2D eigenvalue weighted by Gasteiger charge is -2.35. The van der Waals surface area contributed by atoms with Crippen LogP contribution in [0.4, 0.5) is 0 Å². The second-order valence-corrected chi connectivity index (χ2v) is 6.42. The average molecular weight is 272 g/mol. The molecule has 3 nitrogen and oxygen atoms in total. The Bertz CT molecular complexity index is 515. The molecule has 0 spiro atoms. The quantitative estimate of drug-likeness (QED) is 0.851. The van der Waals surface area contributed by atoms with Crippen molar-refractivity contribution in [2.75, 3.05) is 19.6 Å². The van der Waals surface area contributed by atoms with Crippen LogP contribution in [0.1, 0.15) is 39.9 Å². The molecule has 1 amide bonds. The largest absolute Gasteiger partial charge is 0.338 e. The van der Waals surface area contributed by atoms with Gasteiger partial charge in [-0.3, -0.25) is 4.79 Å². The summed E-state index contributed by atoms with van der Waals surface area (Å²) in [6.07, 6.45) is 2.31. The van der Waals surface area contributed by atoms with E-state index < -0.39 is 0 Å². The Balaban J connectivity index is 1.82. The molecular weight excluding hydrogens is 248 g/mol. The third-order valence-corrected chi connectivity index (χ3v) is 4.83. The number of aryl methyl sites for hydroxylation is 3. The van der Waals surface area contributed by atoms with E-state index in [1.165, 1.54) is 12.0 Å². The maximum atomic E-state index is 12.8. The molecule has 2 aliphatic rings. The van der Waals surface area contributed by atoms with Crippen molar-refractivity contribution < 1.29 is 4.79 Å². The zero-order valence-corrected chi connectivity index (χ0v) is 12.7. The van der Waals surface area contributed by atoms with Crippen molar-refractivity contribution in [3.05, 3.63) is 34.4 Å². The van der Waals surface area contributed by atoms with Crippen LogP contribution in [-0.2, 0) is 0 Å². The van der Waals surface area contributed by atoms with Crippen LogP contribution >= 0.6 is 0 Å². The summed E-state index contributed by atoms with van der Waals surface area (Å²) >= 11 is 0. The van der Waals surface area contributed by atoms with Crippen LogP contribution in [0.5, 0.6) is 0 Å². The Morgan fingerprint density at radius 2 is 1.90 bits per heavy atom. The molecule has 2 heterocycles. The molecule has 2 fully saturated rings. The summed E-state index contributed by atoms with van der Waals surface area (Å²) in [5.41, 5.74) is 4.37. The van der Waals surface area contributed by atoms with Gasteiger partial charge in [0.1, 0.15) is 0 Å². The molecule has 0 bridgehead atoms. The van der Waals surface area contributed by atoms with E-state index in [1.807, 2.05) is 0 Å². The summed E-state index contributed by atoms with van der Waals surface area (Å²) in [6, 6.07) is 4.87. The number of amides is 1. The van der Waals surface area contributed by atoms with Gasteiger partial charge in [0, 0.05) is 24.7 Å². The van der Waals surface area contributed by atoms with Crippen molar-refractivity contribution in [2.45, 2.75) is 39.7 Å². The fourth-order valence-electron chi connectivity index (χ4n) is 3.91. The molecule has 20 heavy (non-hydrogen) atoms. The van der Waals surface area contributed by atoms with E-state index in [1.54, 1.807) is 0 Å². The van der Waals surface area contributed by atoms with Gasteiger partial charge in [0.25, 0.3) is 5.91 Å². The lowest BCUT2D eigenvalue weighted by Crippen LogP contribution is -2.47. The minimum Gasteiger partial charge on any atom is -0.338 e. The highest BCUT2D eigenvalue weighted by atomic mass is 16.2. The number of carbonyl (C=O) groups is 1. The number of carbonyl (C=O) groups excluding carboxylic acids is 1. The van der Waals surface area contributed by atoms with Crippen molar-refractivity contribution in [2.24, 2.45) is 5.92 Å². The number of hydrogen-bond donors (Lipinski definition) is 1. The molecule has 2 atom stereocenters. The second-order valence-electron chi connectivity index (χ2n) is 6.42. The summed E-state index contributed by atoms with van der Waals surface area (Å²) in [4.78, 5) is 14.9. The van der Waals surface area contributed by atoms with Crippen LogP contribution in [0.2, 0.25) is 0 Å². The molecule has 2 unspecified atom stereocenters. The monoisotopic (exact) mass is 272 g/mol. The highest BCUT2D eigenvalue weighted by Crippen LogP contribution is 2.27. The predicted octanol–water partition coefficient (Wildman–Crippen LogP) is 2.44. The smallest absolute Gasteiger partial charge is 0.254 e. The molecule has 1 N–H and O–H groups in total. The SMILES string of the molecule is Cc1cc(C)c(C(=O)N2CCC3NCCC3C2)c(C)c1. The molecule has 0 aromatic heterocycles. The number of likely N-dealkylation sites (tertiary alicyclic amines) is 1. The highest BCUT2D eigenvalue weighted by Gasteiger charge is 2.35. The number of nitrogens with one attached hydrogen (secondary N) is 1. The summed E-state index contributed by atoms with van der Waals surface area (Å²) in [6.45, 7) is 9.11. The molecule has 108 valence electrons. The molecule has 3 rings (SSSR count). The topological polar surface area (TPSA) is 32.3 Å². The second kappa shape index (κ2) is 5.21. The third-order valence-electron chi connectivity index (χ3n) is 4.83. The van der Waals surface area contributed by atoms with Crippen LogP contribution in [0, 0.1) is 26.7 Å². The standard InChI is InChI=1S/C17H24N2O/c1-11-8-12(2)16(13(3)9-11)17(20)19-7-5-15-14(10-19)4-6-18-15/h8-9,14-15,18H,4-7,10H2,1-3H3. The van der Waals surface area contributed by atoms with E-state index >= 15 is 0 Å². The number of benzene rings is 1. The first kappa shape index (κ1) is 13.6. The molecule has 0 radical (unpaired) electrons. The number of hydrogen-bond acceptors (Lipinski definition) is 2. The molecule has 3 heteroatoms. The fraction of sp³-hybridized carbons (Fsp3) is 0.588. The highest BCUT2D eigenvalue weighted by molar-refractivity contribution is 5.97. The van der Waals surface area contributed by atoms with E-state index in [2.05, 4.69) is 43.1 Å². The van der Waals surface area contributed by atoms with Crippen LogP contribution in [0.25, 0.3) is 0 Å². The van der Waals surface area contributed by atoms with Gasteiger partial charge in [-0.15, -0.1) is 0 Å². The lowest BCUT2D eigenvalue weighted by atomic mass is 9.92. The van der Waals surface area contributed by atoms with Crippen molar-refractivity contribution in [1.82, 2.24) is 10.2 Å². The minimum atomic E-state index is 0.227. The van der Waals surface area contributed by atoms with Gasteiger partial charge in [0.15, 0.2) is 0 Å². The molecule has 2 aliphatic heterocycles. The van der Waals surface area contributed by atoms with Crippen LogP contribution < -0.4 is 5.32 Å². The molecule has 0 aliphatic carbocycles. The van der Waals surface area contributed by atoms with Crippen LogP contribution in [0.3, 0.4) is 0 Å². The summed E-state index contributed by atoms with van der Waals surface area (Å²) in [5, 5.41) is 3.55. The number of fused-ring (bicyclic) bond motifs is 1. The van der Waals surface area contributed by atoms with E-state index in [0.717, 1.165) is 42.7 Å². The first-order valence-electron chi connectivity index (χ1n) is 7.67. The third kappa shape index (κ3) is 2.35. The summed E-state index contributed by atoms with van der Waals surface area (Å²) in [5.74, 6) is 0.879. The Morgan fingerprint density at radius 3 is 2.60 bits per heavy atom. The van der Waals surface area contributed by atoms with Gasteiger partial charge in [0.2, 0.25) is 0 Å². The Labute approximate surface area is 121 Å². The molecule has 0 saturated carbocycles. The van der Waals surface area contributed by atoms with Crippen LogP contribution in [-0.4, -0.2) is 36.5 Å². The van der Waals surface area contributed by atoms with Crippen molar-refractivity contribution in [1.29, 1.82) is 0 Å². The first-order valence-corrected chi connectivity index (χ1v) is 7.67. The number of piperidine rings is 1. The zero-order chi connectivity index (χ0) is 14.3. The van der Waals surface area contributed by atoms with Gasteiger partial charge in [0.05, 0.1) is 0 Å². The van der Waals surface area contributed by atoms with E-state index in [4.69, 9.17) is 0 Å². The lowest BCUT2D eigenvalue weighted by molar-refractivity contribution is 0.0660. The van der Waals surface area contributed by atoms with E-state index in [0.29, 0.717) is 12.0 Å². The van der Waals surface area contributed by atoms with Gasteiger partial charge in [-0.05, 0) is 57.2 Å². The molecule has 1 aromatic rings. The molecule has 2 saturated heterocycles. The summed E-state index contributed by atoms with van der Waals surface area (Å²) in [7, 11) is 0. The minimum absolute atomic E-state index is 0.227. The van der Waals surface area contributed by atoms with E-state index in [9.17, 15) is 4.79 Å². The van der Waals surface area contributed by atoms with Gasteiger partial charge < -0.3 is 10.2 Å². The van der Waals surface area contributed by atoms with Gasteiger partial charge in [-0.2, -0.15) is 0 Å². The predicted molar refractivity (Wildman–Crippen MR) is 81.1 cm³/mol. The zero-order valence-electron chi connectivity index (χ0n) is 12.7. The van der Waals surface area contributed by atoms with Crippen LogP contribution in [0.15, 0.2) is 12.1 Å². The number of nitrogens with zero attached hydrogens (tertiary/aromatic N) is 1. The van der Waals surface area contributed by atoms with Crippen molar-refractivity contribution in [3.8, 4) is 0 Å². The maximum Gasteiger partial charge on any atom is 0.254 e. The number of rotatable bonds is 1. The average Bonchev–Trinajstić information content (AvgIpc) is 2.84.